The van der Waals surface area contributed by atoms with E-state index in [1.54, 1.807) is 24.5 Å². The highest BCUT2D eigenvalue weighted by atomic mass is 35.5. The Morgan fingerprint density at radius 2 is 2.05 bits per heavy atom. The Kier molecular flexibility index (Phi) is 4.14. The van der Waals surface area contributed by atoms with Crippen LogP contribution in [0.2, 0.25) is 0 Å². The highest BCUT2D eigenvalue weighted by Crippen LogP contribution is 2.28. The molecule has 0 saturated heterocycles. The first kappa shape index (κ1) is 14.9. The molecule has 0 aliphatic carbocycles. The molecule has 2 heterocycles. The number of primary amides is 1. The summed E-state index contributed by atoms with van der Waals surface area (Å²) in [6.07, 6.45) is 5.25. The first-order chi connectivity index (χ1) is 9.66. The number of nitrogens with zero attached hydrogens (tertiary/aromatic N) is 3. The predicted molar refractivity (Wildman–Crippen MR) is 86.1 cm³/mol. The van der Waals surface area contributed by atoms with Gasteiger partial charge in [0.2, 0.25) is 0 Å². The maximum atomic E-state index is 11.8. The Bertz CT molecular complexity index is 770. The van der Waals surface area contributed by atoms with E-state index in [1.807, 2.05) is 42.1 Å². The van der Waals surface area contributed by atoms with Crippen LogP contribution in [0, 0.1) is 0 Å². The van der Waals surface area contributed by atoms with E-state index in [4.69, 9.17) is 5.73 Å². The molecule has 1 aromatic carbocycles. The summed E-state index contributed by atoms with van der Waals surface area (Å²) in [4.78, 5) is 17.2. The molecule has 3 rings (SSSR count). The fraction of sp³-hybridized carbons (Fsp3) is 0.0667. The smallest absolute Gasteiger partial charge is 0.323 e. The summed E-state index contributed by atoms with van der Waals surface area (Å²) in [5.74, 6) is 0. The van der Waals surface area contributed by atoms with E-state index in [0.717, 1.165) is 16.6 Å². The second kappa shape index (κ2) is 5.85. The van der Waals surface area contributed by atoms with Gasteiger partial charge >= 0.3 is 6.03 Å². The van der Waals surface area contributed by atoms with E-state index in [0.29, 0.717) is 5.69 Å². The summed E-state index contributed by atoms with van der Waals surface area (Å²) < 4.78 is 2.03. The maximum absolute atomic E-state index is 11.8. The van der Waals surface area contributed by atoms with E-state index in [9.17, 15) is 4.79 Å². The van der Waals surface area contributed by atoms with Crippen molar-refractivity contribution in [2.24, 2.45) is 12.8 Å². The van der Waals surface area contributed by atoms with Crippen molar-refractivity contribution in [3.63, 3.8) is 0 Å². The van der Waals surface area contributed by atoms with E-state index in [-0.39, 0.29) is 12.4 Å². The quantitative estimate of drug-likeness (QED) is 0.790. The topological polar surface area (TPSA) is 64.2 Å². The van der Waals surface area contributed by atoms with Crippen molar-refractivity contribution in [2.45, 2.75) is 0 Å². The minimum absolute atomic E-state index is 0. The van der Waals surface area contributed by atoms with E-state index < -0.39 is 6.03 Å². The van der Waals surface area contributed by atoms with Crippen LogP contribution < -0.4 is 10.6 Å². The number of aryl methyl sites for hydroxylation is 1. The summed E-state index contributed by atoms with van der Waals surface area (Å²) in [6.45, 7) is 0. The first-order valence-corrected chi connectivity index (χ1v) is 6.21. The molecular formula is C15H15ClN4O. The molecule has 6 heteroatoms. The number of anilines is 2. The zero-order valence-electron chi connectivity index (χ0n) is 11.4. The van der Waals surface area contributed by atoms with Gasteiger partial charge < -0.3 is 10.3 Å². The number of carbonyl (C=O) groups is 1. The first-order valence-electron chi connectivity index (χ1n) is 6.21. The number of benzene rings is 1. The van der Waals surface area contributed by atoms with Gasteiger partial charge in [-0.2, -0.15) is 0 Å². The zero-order chi connectivity index (χ0) is 14.1. The molecule has 0 saturated carbocycles. The molecule has 0 fully saturated rings. The molecule has 108 valence electrons. The molecule has 0 aliphatic rings. The second-order valence-corrected chi connectivity index (χ2v) is 4.55. The Hall–Kier alpha value is -2.53. The minimum Gasteiger partial charge on any atom is -0.351 e. The van der Waals surface area contributed by atoms with Crippen LogP contribution in [0.15, 0.2) is 55.0 Å². The van der Waals surface area contributed by atoms with Gasteiger partial charge in [0.1, 0.15) is 0 Å². The number of fused-ring (bicyclic) bond motifs is 1. The second-order valence-electron chi connectivity index (χ2n) is 4.55. The van der Waals surface area contributed by atoms with Crippen molar-refractivity contribution >= 4 is 40.7 Å². The number of pyridine rings is 1. The average Bonchev–Trinajstić information content (AvgIpc) is 2.81. The third-order valence-electron chi connectivity index (χ3n) is 3.25. The summed E-state index contributed by atoms with van der Waals surface area (Å²) in [5, 5.41) is 1.06. The van der Waals surface area contributed by atoms with Gasteiger partial charge in [0.25, 0.3) is 0 Å². The van der Waals surface area contributed by atoms with Crippen molar-refractivity contribution in [1.29, 1.82) is 0 Å². The summed E-state index contributed by atoms with van der Waals surface area (Å²) in [5.41, 5.74) is 7.98. The number of amides is 2. The van der Waals surface area contributed by atoms with Crippen molar-refractivity contribution < 1.29 is 4.79 Å². The van der Waals surface area contributed by atoms with Crippen molar-refractivity contribution in [2.75, 3.05) is 4.90 Å². The fourth-order valence-corrected chi connectivity index (χ4v) is 2.30. The Morgan fingerprint density at radius 1 is 1.24 bits per heavy atom. The molecule has 21 heavy (non-hydrogen) atoms. The molecule has 0 bridgehead atoms. The Morgan fingerprint density at radius 3 is 2.71 bits per heavy atom. The molecule has 3 aromatic rings. The van der Waals surface area contributed by atoms with E-state index >= 15 is 0 Å². The summed E-state index contributed by atoms with van der Waals surface area (Å²) in [7, 11) is 1.98. The number of rotatable bonds is 2. The summed E-state index contributed by atoms with van der Waals surface area (Å²) >= 11 is 0. The molecule has 2 amide bonds. The van der Waals surface area contributed by atoms with Gasteiger partial charge in [0, 0.05) is 30.3 Å². The number of hydrogen-bond acceptors (Lipinski definition) is 2. The van der Waals surface area contributed by atoms with Gasteiger partial charge in [-0.25, -0.2) is 4.79 Å². The lowest BCUT2D eigenvalue weighted by atomic mass is 10.2. The van der Waals surface area contributed by atoms with Crippen LogP contribution in [-0.2, 0) is 7.05 Å². The van der Waals surface area contributed by atoms with Gasteiger partial charge in [0.05, 0.1) is 17.6 Å². The molecule has 0 atom stereocenters. The standard InChI is InChI=1S/C15H14N4O.ClH/c1-18-8-6-11-9-12(4-5-14(11)18)19(15(16)20)13-3-2-7-17-10-13;/h2-10H,1H3,(H2,16,20);1H. The average molecular weight is 303 g/mol. The number of halogens is 1. The maximum Gasteiger partial charge on any atom is 0.323 e. The Labute approximate surface area is 128 Å². The molecular weight excluding hydrogens is 288 g/mol. The minimum atomic E-state index is -0.534. The van der Waals surface area contributed by atoms with E-state index in [1.165, 1.54) is 4.90 Å². The van der Waals surface area contributed by atoms with Gasteiger partial charge in [0.15, 0.2) is 0 Å². The molecule has 5 nitrogen and oxygen atoms in total. The van der Waals surface area contributed by atoms with Gasteiger partial charge in [-0.1, -0.05) is 0 Å². The zero-order valence-corrected chi connectivity index (χ0v) is 12.2. The predicted octanol–water partition coefficient (Wildman–Crippen LogP) is 3.21. The molecule has 0 spiro atoms. The monoisotopic (exact) mass is 302 g/mol. The van der Waals surface area contributed by atoms with Gasteiger partial charge in [-0.05, 0) is 36.4 Å². The molecule has 0 aliphatic heterocycles. The van der Waals surface area contributed by atoms with Crippen molar-refractivity contribution in [1.82, 2.24) is 9.55 Å². The number of hydrogen-bond donors (Lipinski definition) is 1. The van der Waals surface area contributed by atoms with E-state index in [2.05, 4.69) is 4.98 Å². The lowest BCUT2D eigenvalue weighted by Crippen LogP contribution is -2.31. The molecule has 0 radical (unpaired) electrons. The normalized spacial score (nSPS) is 10.1. The SMILES string of the molecule is Cl.Cn1ccc2cc(N(C(N)=O)c3cccnc3)ccc21. The van der Waals surface area contributed by atoms with Crippen LogP contribution in [0.25, 0.3) is 10.9 Å². The number of carbonyl (C=O) groups excluding carboxylic acids is 1. The van der Waals surface area contributed by atoms with Crippen LogP contribution in [0.5, 0.6) is 0 Å². The van der Waals surface area contributed by atoms with Crippen LogP contribution >= 0.6 is 12.4 Å². The molecule has 2 N–H and O–H groups in total. The third kappa shape index (κ3) is 2.68. The molecule has 2 aromatic heterocycles. The number of urea groups is 1. The van der Waals surface area contributed by atoms with Crippen LogP contribution in [-0.4, -0.2) is 15.6 Å². The van der Waals surface area contributed by atoms with Crippen LogP contribution in [0.3, 0.4) is 0 Å². The van der Waals surface area contributed by atoms with Crippen LogP contribution in [0.1, 0.15) is 0 Å². The largest absolute Gasteiger partial charge is 0.351 e. The summed E-state index contributed by atoms with van der Waals surface area (Å²) in [6, 6.07) is 10.8. The van der Waals surface area contributed by atoms with Crippen molar-refractivity contribution in [3.05, 3.63) is 55.0 Å². The van der Waals surface area contributed by atoms with Gasteiger partial charge in [-0.3, -0.25) is 9.88 Å². The fourth-order valence-electron chi connectivity index (χ4n) is 2.30. The lowest BCUT2D eigenvalue weighted by molar-refractivity contribution is 0.256. The number of nitrogens with two attached hydrogens (primary N) is 1. The number of aromatic nitrogens is 2. The highest BCUT2D eigenvalue weighted by molar-refractivity contribution is 6.00. The third-order valence-corrected chi connectivity index (χ3v) is 3.25. The highest BCUT2D eigenvalue weighted by Gasteiger charge is 2.15. The van der Waals surface area contributed by atoms with Crippen molar-refractivity contribution in [3.8, 4) is 0 Å². The lowest BCUT2D eigenvalue weighted by Gasteiger charge is -2.20. The molecule has 0 unspecified atom stereocenters. The Balaban J connectivity index is 0.00000161. The van der Waals surface area contributed by atoms with Crippen LogP contribution in [0.4, 0.5) is 16.2 Å². The van der Waals surface area contributed by atoms with Gasteiger partial charge in [-0.15, -0.1) is 12.4 Å².